The number of rotatable bonds is 0. The summed E-state index contributed by atoms with van der Waals surface area (Å²) in [5.74, 6) is 0. The molecule has 0 saturated heterocycles. The Kier molecular flexibility index (Phi) is 37.0. The topological polar surface area (TPSA) is 328 Å². The van der Waals surface area contributed by atoms with Gasteiger partial charge in [-0.2, -0.15) is 0 Å². The van der Waals surface area contributed by atoms with Crippen molar-refractivity contribution in [2.45, 2.75) is 38.5 Å². The van der Waals surface area contributed by atoms with Gasteiger partial charge in [-0.3, -0.25) is 30.0 Å². The first-order chi connectivity index (χ1) is 28.8. The SMILES string of the molecule is C1=NCCCN2CCCN=Cc3cccc(c3)C=NCCCN(CCCN=Cc3cccc1c3)CCCN=Cc1cccc(c1)C=NCCC2.O.O.[Ag+].[Ag+].[O-][Cl+3]([O-])([O-])[O-].[O-][Cl+3]([O-])([O-])[O-]. The third-order valence-corrected chi connectivity index (χ3v) is 8.74. The van der Waals surface area contributed by atoms with Gasteiger partial charge in [0.2, 0.25) is 0 Å². The van der Waals surface area contributed by atoms with E-state index in [2.05, 4.69) is 82.6 Å². The van der Waals surface area contributed by atoms with Crippen molar-refractivity contribution in [3.05, 3.63) is 106 Å². The Morgan fingerprint density at radius 1 is 0.328 bits per heavy atom. The zero-order chi connectivity index (χ0) is 43.3. The van der Waals surface area contributed by atoms with E-state index in [1.54, 1.807) is 0 Å². The average Bonchev–Trinajstić information content (AvgIpc) is 3.18. The Labute approximate surface area is 411 Å². The molecule has 0 radical (unpaired) electrons. The molecule has 4 N–H and O–H groups in total. The summed E-state index contributed by atoms with van der Waals surface area (Å²) in [5.41, 5.74) is 6.72. The number of benzene rings is 3. The van der Waals surface area contributed by atoms with Crippen LogP contribution in [0.4, 0.5) is 0 Å². The number of halogens is 2. The molecule has 22 heteroatoms. The van der Waals surface area contributed by atoms with E-state index in [0.29, 0.717) is 0 Å². The van der Waals surface area contributed by atoms with E-state index in [4.69, 9.17) is 67.2 Å². The van der Waals surface area contributed by atoms with Crippen LogP contribution in [0, 0.1) is 20.5 Å². The fraction of sp³-hybridized carbons (Fsp3) is 0.429. The van der Waals surface area contributed by atoms with Crippen molar-refractivity contribution in [3.8, 4) is 0 Å². The molecular weight excluding hydrogens is 1060 g/mol. The molecule has 18 nitrogen and oxygen atoms in total. The Balaban J connectivity index is 0. The van der Waals surface area contributed by atoms with Crippen LogP contribution in [0.15, 0.2) is 103 Å². The molecule has 0 fully saturated rings. The molecule has 3 aliphatic rings. The molecule has 3 aliphatic heterocycles. The van der Waals surface area contributed by atoms with Crippen molar-refractivity contribution in [3.63, 3.8) is 0 Å². The summed E-state index contributed by atoms with van der Waals surface area (Å²) in [6.07, 6.45) is 18.1. The Hall–Kier alpha value is -2.74. The molecule has 6 rings (SSSR count). The van der Waals surface area contributed by atoms with Crippen molar-refractivity contribution in [1.29, 1.82) is 0 Å². The van der Waals surface area contributed by atoms with Gasteiger partial charge in [-0.1, -0.05) is 54.6 Å². The summed E-state index contributed by atoms with van der Waals surface area (Å²) in [4.78, 5) is 33.8. The predicted octanol–water partition coefficient (Wildman–Crippen LogP) is -4.59. The summed E-state index contributed by atoms with van der Waals surface area (Å²) in [5, 5.41) is 0. The molecule has 3 aromatic carbocycles. The molecular formula is C42H58Ag2Cl2N8O10. The normalized spacial score (nSPS) is 18.2. The zero-order valence-corrected chi connectivity index (χ0v) is 39.8. The van der Waals surface area contributed by atoms with Gasteiger partial charge in [-0.25, -0.2) is 37.3 Å². The van der Waals surface area contributed by atoms with E-state index < -0.39 is 20.5 Å². The van der Waals surface area contributed by atoms with Crippen molar-refractivity contribution in [2.24, 2.45) is 30.0 Å². The summed E-state index contributed by atoms with van der Waals surface area (Å²) in [6.45, 7) is 10.9. The summed E-state index contributed by atoms with van der Waals surface area (Å²) in [7, 11) is -9.89. The van der Waals surface area contributed by atoms with Gasteiger partial charge in [0.1, 0.15) is 0 Å². The van der Waals surface area contributed by atoms with Crippen molar-refractivity contribution in [2.75, 3.05) is 78.5 Å². The molecule has 0 atom stereocenters. The summed E-state index contributed by atoms with van der Waals surface area (Å²) < 4.78 is 67.9. The first-order valence-corrected chi connectivity index (χ1v) is 22.2. The second kappa shape index (κ2) is 37.4. The standard InChI is InChI=1S/C42H54N8.2Ag.2ClHO4.2H2O/c1-10-37-28-38(11-1)32-44-17-5-23-50-25-7-19-46-34-40-13-2-12-39(29-40)33-45-18-6-24-49(22-4-16-43-31-37)26-8-20-47-35-41-14-3-15-42(30-41)36-48-21-9-27-50;;;2*2-1(3,4)5;;/h1-3,10-15,28-36H,4-9,16-27H2;;;2*(H,2,3,4,5);2*1H2/q;2*+1;;;;/p-2. The second-order valence-corrected chi connectivity index (χ2v) is 15.3. The third-order valence-electron chi connectivity index (χ3n) is 8.74. The third kappa shape index (κ3) is 35.5. The molecule has 0 aliphatic carbocycles. The fourth-order valence-electron chi connectivity index (χ4n) is 6.16. The molecule has 0 unspecified atom stereocenters. The molecule has 0 spiro atoms. The van der Waals surface area contributed by atoms with Crippen LogP contribution in [0.3, 0.4) is 0 Å². The number of fused-ring (bicyclic) bond motifs is 18. The smallest absolute Gasteiger partial charge is 0.412 e. The van der Waals surface area contributed by atoms with Gasteiger partial charge in [-0.15, -0.1) is 20.5 Å². The van der Waals surface area contributed by atoms with E-state index >= 15 is 0 Å². The Morgan fingerprint density at radius 3 is 0.641 bits per heavy atom. The number of aliphatic imine (C=N–C) groups is 6. The van der Waals surface area contributed by atoms with Crippen LogP contribution in [0.2, 0.25) is 0 Å². The minimum Gasteiger partial charge on any atom is -0.412 e. The van der Waals surface area contributed by atoms with E-state index in [0.717, 1.165) is 150 Å². The van der Waals surface area contributed by atoms with Gasteiger partial charge in [0.25, 0.3) is 0 Å². The van der Waals surface area contributed by atoms with E-state index in [1.807, 2.05) is 37.3 Å². The van der Waals surface area contributed by atoms with Crippen LogP contribution in [-0.4, -0.2) is 137 Å². The van der Waals surface area contributed by atoms with Gasteiger partial charge in [-0.05, 0) is 129 Å². The fourth-order valence-corrected chi connectivity index (χ4v) is 6.16. The van der Waals surface area contributed by atoms with Crippen molar-refractivity contribution < 1.29 is 113 Å². The average molecular weight is 1120 g/mol. The monoisotopic (exact) mass is 1120 g/mol. The van der Waals surface area contributed by atoms with Gasteiger partial charge in [0, 0.05) is 76.6 Å². The minimum absolute atomic E-state index is 0. The molecule has 0 saturated carbocycles. The first-order valence-electron chi connectivity index (χ1n) is 19.8. The van der Waals surface area contributed by atoms with Crippen molar-refractivity contribution in [1.82, 2.24) is 9.80 Å². The largest absolute Gasteiger partial charge is 1.00 e. The van der Waals surface area contributed by atoms with Crippen LogP contribution >= 0.6 is 0 Å². The summed E-state index contributed by atoms with van der Waals surface area (Å²) in [6, 6.07) is 25.5. The Bertz CT molecular complexity index is 1530. The maximum Gasteiger partial charge on any atom is 1.00 e. The summed E-state index contributed by atoms with van der Waals surface area (Å²) >= 11 is 0. The number of hydrogen-bond acceptors (Lipinski definition) is 16. The minimum atomic E-state index is -4.94. The van der Waals surface area contributed by atoms with Crippen LogP contribution in [0.5, 0.6) is 0 Å². The molecule has 64 heavy (non-hydrogen) atoms. The number of nitrogens with zero attached hydrogens (tertiary/aromatic N) is 8. The maximum atomic E-state index is 8.49. The van der Waals surface area contributed by atoms with Crippen LogP contribution < -0.4 is 37.3 Å². The molecule has 3 aromatic rings. The molecule has 0 amide bonds. The van der Waals surface area contributed by atoms with Gasteiger partial charge < -0.3 is 20.8 Å². The van der Waals surface area contributed by atoms with Crippen molar-refractivity contribution >= 4 is 37.3 Å². The van der Waals surface area contributed by atoms with Gasteiger partial charge >= 0.3 is 44.8 Å². The first kappa shape index (κ1) is 63.3. The molecule has 3 heterocycles. The van der Waals surface area contributed by atoms with E-state index in [-0.39, 0.29) is 55.7 Å². The molecule has 0 aromatic heterocycles. The van der Waals surface area contributed by atoms with E-state index in [1.165, 1.54) is 0 Å². The van der Waals surface area contributed by atoms with Gasteiger partial charge in [0.15, 0.2) is 0 Å². The number of hydrogen-bond donors (Lipinski definition) is 0. The van der Waals surface area contributed by atoms with E-state index in [9.17, 15) is 0 Å². The van der Waals surface area contributed by atoms with Crippen LogP contribution in [0.25, 0.3) is 0 Å². The predicted molar refractivity (Wildman–Crippen MR) is 222 cm³/mol. The second-order valence-electron chi connectivity index (χ2n) is 13.8. The van der Waals surface area contributed by atoms with Crippen LogP contribution in [0.1, 0.15) is 71.9 Å². The Morgan fingerprint density at radius 2 is 0.484 bits per heavy atom. The molecule has 8 bridgehead atoms. The zero-order valence-electron chi connectivity index (χ0n) is 35.3. The van der Waals surface area contributed by atoms with Crippen LogP contribution in [-0.2, 0) is 44.8 Å². The maximum absolute atomic E-state index is 8.49. The quantitative estimate of drug-likeness (QED) is 0.194. The molecule has 362 valence electrons. The van der Waals surface area contributed by atoms with Gasteiger partial charge in [0.05, 0.1) is 0 Å².